The summed E-state index contributed by atoms with van der Waals surface area (Å²) in [6.07, 6.45) is 0. The molecule has 2 aromatic carbocycles. The van der Waals surface area contributed by atoms with Gasteiger partial charge in [0.25, 0.3) is 0 Å². The fourth-order valence-electron chi connectivity index (χ4n) is 4.52. The van der Waals surface area contributed by atoms with E-state index < -0.39 is 0 Å². The number of ether oxygens (including phenoxy) is 1. The van der Waals surface area contributed by atoms with Gasteiger partial charge in [0.05, 0.1) is 19.7 Å². The topological polar surface area (TPSA) is 59.3 Å². The van der Waals surface area contributed by atoms with Gasteiger partial charge in [0.15, 0.2) is 5.82 Å². The molecule has 1 aliphatic heterocycles. The highest BCUT2D eigenvalue weighted by Crippen LogP contribution is 2.32. The number of aromatic nitrogens is 4. The summed E-state index contributed by atoms with van der Waals surface area (Å²) in [5.74, 6) is 1.69. The maximum atomic E-state index is 6.29. The highest BCUT2D eigenvalue weighted by atomic mass is 35.5. The van der Waals surface area contributed by atoms with Crippen LogP contribution in [0.3, 0.4) is 0 Å². The van der Waals surface area contributed by atoms with Crippen molar-refractivity contribution in [1.82, 2.24) is 25.1 Å². The molecule has 0 bridgehead atoms. The normalized spacial score (nSPS) is 15.4. The summed E-state index contributed by atoms with van der Waals surface area (Å²) >= 11 is 8.01. The van der Waals surface area contributed by atoms with Gasteiger partial charge in [-0.05, 0) is 64.2 Å². The Bertz CT molecular complexity index is 1220. The van der Waals surface area contributed by atoms with Gasteiger partial charge in [-0.1, -0.05) is 35.9 Å². The smallest absolute Gasteiger partial charge is 0.173 e. The van der Waals surface area contributed by atoms with Crippen molar-refractivity contribution in [3.63, 3.8) is 0 Å². The minimum Gasteiger partial charge on any atom is -0.497 e. The Morgan fingerprint density at radius 3 is 2.56 bits per heavy atom. The van der Waals surface area contributed by atoms with Crippen LogP contribution in [0, 0.1) is 6.92 Å². The second-order valence-corrected chi connectivity index (χ2v) is 9.87. The van der Waals surface area contributed by atoms with Crippen LogP contribution in [0.4, 0.5) is 5.69 Å². The largest absolute Gasteiger partial charge is 0.497 e. The van der Waals surface area contributed by atoms with E-state index in [1.165, 1.54) is 16.1 Å². The van der Waals surface area contributed by atoms with Gasteiger partial charge in [-0.3, -0.25) is 4.90 Å². The van der Waals surface area contributed by atoms with E-state index in [0.29, 0.717) is 6.54 Å². The third kappa shape index (κ3) is 4.80. The molecule has 5 rings (SSSR count). The molecule has 0 spiro atoms. The third-order valence-electron chi connectivity index (χ3n) is 6.31. The standard InChI is InChI=1S/C25H27ClN6OS/c1-18-5-8-20(26)16-23(18)30-11-13-31(14-12-30)24(19-6-9-21(33-2)10-7-19)25-27-28-29-32(25)17-22-4-3-15-34-22/h3-10,15-16,24H,11-14,17H2,1-2H3/t24-/m0/s1. The Morgan fingerprint density at radius 2 is 1.85 bits per heavy atom. The molecule has 176 valence electrons. The lowest BCUT2D eigenvalue weighted by Gasteiger charge is -2.40. The Hall–Kier alpha value is -2.94. The lowest BCUT2D eigenvalue weighted by Crippen LogP contribution is -2.48. The van der Waals surface area contributed by atoms with Crippen LogP contribution in [0.2, 0.25) is 5.02 Å². The number of tetrazole rings is 1. The van der Waals surface area contributed by atoms with Crippen molar-refractivity contribution in [2.45, 2.75) is 19.5 Å². The molecule has 0 saturated carbocycles. The zero-order valence-corrected chi connectivity index (χ0v) is 20.8. The summed E-state index contributed by atoms with van der Waals surface area (Å²) < 4.78 is 7.31. The van der Waals surface area contributed by atoms with Gasteiger partial charge in [-0.15, -0.1) is 16.4 Å². The quantitative estimate of drug-likeness (QED) is 0.372. The van der Waals surface area contributed by atoms with E-state index in [2.05, 4.69) is 74.0 Å². The average molecular weight is 495 g/mol. The number of halogens is 1. The molecule has 0 radical (unpaired) electrons. The molecule has 7 nitrogen and oxygen atoms in total. The number of methoxy groups -OCH3 is 1. The Kier molecular flexibility index (Phi) is 6.80. The van der Waals surface area contributed by atoms with Gasteiger partial charge in [0, 0.05) is 41.8 Å². The van der Waals surface area contributed by atoms with Crippen molar-refractivity contribution in [1.29, 1.82) is 0 Å². The second kappa shape index (κ2) is 10.1. The summed E-state index contributed by atoms with van der Waals surface area (Å²) in [6.45, 7) is 6.37. The first-order valence-corrected chi connectivity index (χ1v) is 12.6. The number of anilines is 1. The molecule has 9 heteroatoms. The molecule has 0 amide bonds. The monoisotopic (exact) mass is 494 g/mol. The Balaban J connectivity index is 1.43. The molecule has 1 aliphatic rings. The molecule has 34 heavy (non-hydrogen) atoms. The minimum atomic E-state index is -0.0523. The van der Waals surface area contributed by atoms with E-state index in [-0.39, 0.29) is 6.04 Å². The van der Waals surface area contributed by atoms with Crippen molar-refractivity contribution in [2.24, 2.45) is 0 Å². The molecule has 1 fully saturated rings. The van der Waals surface area contributed by atoms with Crippen LogP contribution in [-0.4, -0.2) is 58.4 Å². The predicted molar refractivity (Wildman–Crippen MR) is 136 cm³/mol. The molecule has 0 unspecified atom stereocenters. The van der Waals surface area contributed by atoms with Gasteiger partial charge in [0.2, 0.25) is 0 Å². The number of thiophene rings is 1. The number of nitrogens with zero attached hydrogens (tertiary/aromatic N) is 6. The van der Waals surface area contributed by atoms with E-state index in [1.807, 2.05) is 22.9 Å². The lowest BCUT2D eigenvalue weighted by molar-refractivity contribution is 0.201. The van der Waals surface area contributed by atoms with Crippen LogP contribution in [0.15, 0.2) is 60.0 Å². The van der Waals surface area contributed by atoms with Crippen LogP contribution in [0.25, 0.3) is 0 Å². The number of rotatable bonds is 7. The summed E-state index contributed by atoms with van der Waals surface area (Å²) in [4.78, 5) is 6.11. The van der Waals surface area contributed by atoms with Crippen molar-refractivity contribution < 1.29 is 4.74 Å². The van der Waals surface area contributed by atoms with E-state index in [0.717, 1.165) is 48.3 Å². The van der Waals surface area contributed by atoms with Gasteiger partial charge in [0.1, 0.15) is 5.75 Å². The van der Waals surface area contributed by atoms with Crippen LogP contribution >= 0.6 is 22.9 Å². The van der Waals surface area contributed by atoms with Crippen LogP contribution in [0.1, 0.15) is 27.9 Å². The van der Waals surface area contributed by atoms with Crippen LogP contribution in [0.5, 0.6) is 5.75 Å². The lowest BCUT2D eigenvalue weighted by atomic mass is 10.0. The van der Waals surface area contributed by atoms with Crippen molar-refractivity contribution in [3.05, 3.63) is 86.8 Å². The first-order chi connectivity index (χ1) is 16.6. The molecular formula is C25H27ClN6OS. The minimum absolute atomic E-state index is 0.0523. The van der Waals surface area contributed by atoms with Crippen molar-refractivity contribution in [2.75, 3.05) is 38.2 Å². The van der Waals surface area contributed by atoms with E-state index in [9.17, 15) is 0 Å². The van der Waals surface area contributed by atoms with Crippen molar-refractivity contribution in [3.8, 4) is 5.75 Å². The molecule has 0 aliphatic carbocycles. The van der Waals surface area contributed by atoms with E-state index >= 15 is 0 Å². The number of piperazine rings is 1. The van der Waals surface area contributed by atoms with Crippen molar-refractivity contribution >= 4 is 28.6 Å². The molecular weight excluding hydrogens is 468 g/mol. The zero-order valence-electron chi connectivity index (χ0n) is 19.3. The fraction of sp³-hybridized carbons (Fsp3) is 0.320. The van der Waals surface area contributed by atoms with Crippen LogP contribution in [-0.2, 0) is 6.54 Å². The van der Waals surface area contributed by atoms with Crippen LogP contribution < -0.4 is 9.64 Å². The number of benzene rings is 2. The van der Waals surface area contributed by atoms with Gasteiger partial charge >= 0.3 is 0 Å². The summed E-state index contributed by atoms with van der Waals surface area (Å²) in [7, 11) is 1.69. The van der Waals surface area contributed by atoms with Gasteiger partial charge < -0.3 is 9.64 Å². The highest BCUT2D eigenvalue weighted by Gasteiger charge is 2.31. The third-order valence-corrected chi connectivity index (χ3v) is 7.41. The SMILES string of the molecule is COc1ccc([C@@H](c2nnnn2Cc2cccs2)N2CCN(c3cc(Cl)ccc3C)CC2)cc1. The van der Waals surface area contributed by atoms with E-state index in [4.69, 9.17) is 16.3 Å². The number of hydrogen-bond acceptors (Lipinski definition) is 7. The molecule has 2 aromatic heterocycles. The average Bonchev–Trinajstić information content (AvgIpc) is 3.55. The van der Waals surface area contributed by atoms with Gasteiger partial charge in [-0.2, -0.15) is 0 Å². The zero-order chi connectivity index (χ0) is 23.5. The summed E-state index contributed by atoms with van der Waals surface area (Å²) in [5, 5.41) is 15.7. The number of hydrogen-bond donors (Lipinski definition) is 0. The molecule has 1 saturated heterocycles. The maximum absolute atomic E-state index is 6.29. The molecule has 3 heterocycles. The molecule has 4 aromatic rings. The number of aryl methyl sites for hydroxylation is 1. The predicted octanol–water partition coefficient (Wildman–Crippen LogP) is 4.66. The Labute approximate surface area is 208 Å². The first kappa shape index (κ1) is 22.8. The molecule has 1 atom stereocenters. The highest BCUT2D eigenvalue weighted by molar-refractivity contribution is 7.09. The summed E-state index contributed by atoms with van der Waals surface area (Å²) in [5.41, 5.74) is 3.59. The fourth-order valence-corrected chi connectivity index (χ4v) is 5.38. The molecule has 0 N–H and O–H groups in total. The second-order valence-electron chi connectivity index (χ2n) is 8.40. The first-order valence-electron chi connectivity index (χ1n) is 11.3. The maximum Gasteiger partial charge on any atom is 0.173 e. The van der Waals surface area contributed by atoms with Gasteiger partial charge in [-0.25, -0.2) is 4.68 Å². The summed E-state index contributed by atoms with van der Waals surface area (Å²) in [6, 6.07) is 18.4. The van der Waals surface area contributed by atoms with E-state index in [1.54, 1.807) is 18.4 Å². The Morgan fingerprint density at radius 1 is 1.06 bits per heavy atom.